The summed E-state index contributed by atoms with van der Waals surface area (Å²) in [4.78, 5) is 0. The molecule has 0 bridgehead atoms. The summed E-state index contributed by atoms with van der Waals surface area (Å²) in [6, 6.07) is 2.02. The van der Waals surface area contributed by atoms with Crippen molar-refractivity contribution in [3.8, 4) is 0 Å². The van der Waals surface area contributed by atoms with Crippen molar-refractivity contribution >= 4 is 25.2 Å². The van der Waals surface area contributed by atoms with Gasteiger partial charge in [0.15, 0.2) is 16.6 Å². The molecule has 0 heterocycles. The fraction of sp³-hybridized carbons (Fsp3) is 1.00. The third-order valence-corrected chi connectivity index (χ3v) is 22.7. The van der Waals surface area contributed by atoms with Gasteiger partial charge in [-0.1, -0.05) is 0 Å². The summed E-state index contributed by atoms with van der Waals surface area (Å²) in [5, 5.41) is 22.2. The highest BCUT2D eigenvalue weighted by atomic mass is 28.5. The van der Waals surface area contributed by atoms with Gasteiger partial charge in [-0.2, -0.15) is 0 Å². The lowest BCUT2D eigenvalue weighted by Crippen LogP contribution is -2.53. The Morgan fingerprint density at radius 3 is 0.881 bits per heavy atom. The van der Waals surface area contributed by atoms with Crippen molar-refractivity contribution in [1.29, 1.82) is 0 Å². The van der Waals surface area contributed by atoms with Gasteiger partial charge >= 0.3 is 8.56 Å². The van der Waals surface area contributed by atoms with E-state index in [9.17, 15) is 10.2 Å². The molecule has 0 aliphatic heterocycles. The molecule has 0 aliphatic rings. The lowest BCUT2D eigenvalue weighted by Gasteiger charge is -2.39. The van der Waals surface area contributed by atoms with Gasteiger partial charge in [0.1, 0.15) is 25.3 Å². The van der Waals surface area contributed by atoms with Crippen LogP contribution in [0, 0.1) is 0 Å². The highest BCUT2D eigenvalue weighted by molar-refractivity contribution is 6.87. The zero-order valence-corrected chi connectivity index (χ0v) is 46.4. The first-order valence-electron chi connectivity index (χ1n) is 23.3. The van der Waals surface area contributed by atoms with Gasteiger partial charge in [0.2, 0.25) is 0 Å². The Morgan fingerprint density at radius 1 is 0.390 bits per heavy atom. The molecule has 2 unspecified atom stereocenters. The Hall–Kier alpha value is 0.171. The molecule has 0 saturated carbocycles. The number of ether oxygens (including phenoxy) is 2. The van der Waals surface area contributed by atoms with E-state index in [0.717, 1.165) is 143 Å². The van der Waals surface area contributed by atoms with Crippen LogP contribution in [0.3, 0.4) is 0 Å². The molecule has 0 saturated heterocycles. The molecule has 15 heteroatoms. The molecule has 2 atom stereocenters. The van der Waals surface area contributed by atoms with Crippen LogP contribution in [-0.2, 0) is 17.7 Å². The number of quaternary nitrogens is 6. The second-order valence-electron chi connectivity index (χ2n) is 24.8. The normalized spacial score (nSPS) is 15.6. The minimum Gasteiger partial charge on any atom is -0.437 e. The van der Waals surface area contributed by atoms with Crippen molar-refractivity contribution < 1.29 is 54.8 Å². The Morgan fingerprint density at radius 2 is 0.644 bits per heavy atom. The van der Waals surface area contributed by atoms with Crippen LogP contribution in [0.25, 0.3) is 0 Å². The molecule has 59 heavy (non-hydrogen) atoms. The third kappa shape index (κ3) is 35.2. The Kier molecular flexibility index (Phi) is 25.7. The third-order valence-electron chi connectivity index (χ3n) is 11.2. The zero-order chi connectivity index (χ0) is 46.0. The maximum atomic E-state index is 11.1. The molecular weight excluding hydrogens is 793 g/mol. The first-order valence-corrected chi connectivity index (χ1v) is 32.3. The van der Waals surface area contributed by atoms with Gasteiger partial charge in [0, 0.05) is 38.9 Å². The van der Waals surface area contributed by atoms with Crippen LogP contribution >= 0.6 is 0 Å². The second kappa shape index (κ2) is 25.6. The summed E-state index contributed by atoms with van der Waals surface area (Å²) in [6.45, 7) is 26.0. The number of hydrogen-bond donors (Lipinski definition) is 2. The maximum absolute atomic E-state index is 11.1. The maximum Gasteiger partial charge on any atom is 0.311 e. The first kappa shape index (κ1) is 59.2. The fourth-order valence-electron chi connectivity index (χ4n) is 8.51. The topological polar surface area (TPSA) is 77.4 Å². The van der Waals surface area contributed by atoms with Crippen molar-refractivity contribution in [3.05, 3.63) is 0 Å². The number of rotatable bonds is 36. The van der Waals surface area contributed by atoms with Crippen molar-refractivity contribution in [2.75, 3.05) is 191 Å². The monoisotopic (exact) mass is 901 g/mol. The van der Waals surface area contributed by atoms with Gasteiger partial charge < -0.3 is 54.8 Å². The zero-order valence-electron chi connectivity index (χ0n) is 43.4. The summed E-state index contributed by atoms with van der Waals surface area (Å²) in [7, 11) is 25.4. The van der Waals surface area contributed by atoms with Crippen molar-refractivity contribution in [1.82, 2.24) is 0 Å². The van der Waals surface area contributed by atoms with Gasteiger partial charge in [-0.15, -0.1) is 0 Å². The summed E-state index contributed by atoms with van der Waals surface area (Å²) in [5.41, 5.74) is 0. The van der Waals surface area contributed by atoms with Gasteiger partial charge in [0.25, 0.3) is 0 Å². The molecule has 0 spiro atoms. The minimum atomic E-state index is -2.34. The Bertz CT molecular complexity index is 998. The van der Waals surface area contributed by atoms with E-state index in [1.807, 2.05) is 0 Å². The Labute approximate surface area is 371 Å². The quantitative estimate of drug-likeness (QED) is 0.0528. The molecule has 0 aromatic carbocycles. The fourth-order valence-corrected chi connectivity index (χ4v) is 22.5. The number of nitrogens with zero attached hydrogens (tertiary/aromatic N) is 6. The van der Waals surface area contributed by atoms with E-state index in [0.29, 0.717) is 26.4 Å². The average Bonchev–Trinajstić information content (AvgIpc) is 2.96. The summed E-state index contributed by atoms with van der Waals surface area (Å²) < 4.78 is 31.6. The molecule has 0 aromatic rings. The Balaban J connectivity index is 4.81. The SMILES string of the molecule is C[N+](C)(C)CCC[N+](C)(CCC[N+](C)(C)C)CC(O)COCCC[Si](C)(C)O[Si](C)(C)O[Si](C)(C)CCCOCC(O)C[N+](C)(CCC[N+](C)(C)C)CCC[N+](C)(C)C. The van der Waals surface area contributed by atoms with Crippen LogP contribution in [0.2, 0.25) is 51.4 Å². The van der Waals surface area contributed by atoms with Gasteiger partial charge in [-0.05, 0) is 64.2 Å². The van der Waals surface area contributed by atoms with Crippen molar-refractivity contribution in [2.45, 2.75) is 102 Å². The summed E-state index contributed by atoms with van der Waals surface area (Å²) in [6.07, 6.45) is 5.53. The van der Waals surface area contributed by atoms with Crippen molar-refractivity contribution in [2.24, 2.45) is 0 Å². The molecule has 0 rings (SSSR count). The molecular formula is C44H108N6O6Si3+6. The van der Waals surface area contributed by atoms with Crippen LogP contribution in [0.1, 0.15) is 38.5 Å². The van der Waals surface area contributed by atoms with Crippen LogP contribution in [0.4, 0.5) is 0 Å². The molecule has 0 aliphatic carbocycles. The number of hydrogen-bond acceptors (Lipinski definition) is 6. The number of likely N-dealkylation sites (N-methyl/N-ethyl adjacent to an activating group) is 2. The smallest absolute Gasteiger partial charge is 0.311 e. The van der Waals surface area contributed by atoms with Crippen molar-refractivity contribution in [3.63, 3.8) is 0 Å². The minimum absolute atomic E-state index is 0.389. The van der Waals surface area contributed by atoms with E-state index >= 15 is 0 Å². The second-order valence-corrected chi connectivity index (χ2v) is 37.2. The van der Waals surface area contributed by atoms with E-state index in [-0.39, 0.29) is 0 Å². The standard InChI is InChI=1S/C44H108N6O6Si3/c1-45(2,3)27-21-31-49(13,32-22-28-46(4,5)6)39-43(51)41-53-35-25-37-57(15,16)55-59(19,20)56-58(17,18)38-26-36-54-42-44(52)40-50(14,33-23-29-47(7,8)9)34-24-30-48(10,11)12/h43-44,51-52H,21-42H2,1-20H3/q+6. The van der Waals surface area contributed by atoms with Gasteiger partial charge in [-0.3, -0.25) is 0 Å². The molecule has 356 valence electrons. The van der Waals surface area contributed by atoms with E-state index < -0.39 is 37.4 Å². The van der Waals surface area contributed by atoms with E-state index in [4.69, 9.17) is 17.7 Å². The first-order chi connectivity index (χ1) is 26.4. The molecule has 0 aromatic heterocycles. The molecule has 2 N–H and O–H groups in total. The van der Waals surface area contributed by atoms with Crippen LogP contribution in [0.5, 0.6) is 0 Å². The van der Waals surface area contributed by atoms with Crippen LogP contribution < -0.4 is 0 Å². The van der Waals surface area contributed by atoms with Crippen LogP contribution in [0.15, 0.2) is 0 Å². The molecule has 0 amide bonds. The van der Waals surface area contributed by atoms with E-state index in [1.54, 1.807) is 0 Å². The lowest BCUT2D eigenvalue weighted by molar-refractivity contribution is -0.925. The largest absolute Gasteiger partial charge is 0.437 e. The molecule has 12 nitrogen and oxygen atoms in total. The summed E-state index contributed by atoms with van der Waals surface area (Å²) >= 11 is 0. The van der Waals surface area contributed by atoms with Crippen LogP contribution in [-0.4, -0.2) is 265 Å². The van der Waals surface area contributed by atoms with Gasteiger partial charge in [-0.25, -0.2) is 0 Å². The average molecular weight is 902 g/mol. The van der Waals surface area contributed by atoms with Gasteiger partial charge in [0.05, 0.1) is 164 Å². The predicted octanol–water partition coefficient (Wildman–Crippen LogP) is 4.95. The predicted molar refractivity (Wildman–Crippen MR) is 259 cm³/mol. The molecule has 0 fully saturated rings. The number of aliphatic hydroxyl groups is 2. The highest BCUT2D eigenvalue weighted by Gasteiger charge is 2.39. The number of aliphatic hydroxyl groups excluding tert-OH is 2. The highest BCUT2D eigenvalue weighted by Crippen LogP contribution is 2.26. The lowest BCUT2D eigenvalue weighted by atomic mass is 10.2. The summed E-state index contributed by atoms with van der Waals surface area (Å²) in [5.74, 6) is 0. The van der Waals surface area contributed by atoms with E-state index in [2.05, 4.69) is 138 Å². The molecule has 0 radical (unpaired) electrons. The van der Waals surface area contributed by atoms with E-state index in [1.165, 1.54) is 0 Å².